The minimum absolute atomic E-state index is 0.125. The molecule has 0 saturated carbocycles. The lowest BCUT2D eigenvalue weighted by atomic mass is 10.2. The van der Waals surface area contributed by atoms with Crippen LogP contribution in [0.15, 0.2) is 77.3 Å². The molecule has 1 aliphatic rings. The van der Waals surface area contributed by atoms with Gasteiger partial charge in [0, 0.05) is 29.1 Å². The van der Waals surface area contributed by atoms with E-state index in [0.717, 1.165) is 19.4 Å². The third kappa shape index (κ3) is 5.75. The van der Waals surface area contributed by atoms with Crippen molar-refractivity contribution in [2.45, 2.75) is 18.9 Å². The Balaban J connectivity index is 1.37. The molecule has 6 nitrogen and oxygen atoms in total. The molecule has 0 aromatic heterocycles. The average molecular weight is 495 g/mol. The summed E-state index contributed by atoms with van der Waals surface area (Å²) in [6.07, 6.45) is 2.19. The molecule has 3 aromatic rings. The van der Waals surface area contributed by atoms with Crippen molar-refractivity contribution in [2.24, 2.45) is 0 Å². The second-order valence-corrected chi connectivity index (χ2v) is 8.30. The zero-order valence-electron chi connectivity index (χ0n) is 17.3. The minimum Gasteiger partial charge on any atom is -0.490 e. The van der Waals surface area contributed by atoms with Crippen LogP contribution in [0.1, 0.15) is 33.6 Å². The molecular weight excluding hydrogens is 472 g/mol. The van der Waals surface area contributed by atoms with Gasteiger partial charge in [-0.3, -0.25) is 9.59 Å². The SMILES string of the molecule is O=C(Nc1cccc(NC(=O)c2ccc(OCC3CCCO3)c(Br)c2)c1)c1ccccc1. The van der Waals surface area contributed by atoms with Crippen molar-refractivity contribution in [1.29, 1.82) is 0 Å². The molecule has 0 bridgehead atoms. The molecule has 7 heteroatoms. The summed E-state index contributed by atoms with van der Waals surface area (Å²) >= 11 is 3.48. The number of hydrogen-bond donors (Lipinski definition) is 2. The molecule has 2 amide bonds. The zero-order chi connectivity index (χ0) is 22.3. The van der Waals surface area contributed by atoms with E-state index < -0.39 is 0 Å². The summed E-state index contributed by atoms with van der Waals surface area (Å²) in [5.74, 6) is 0.196. The van der Waals surface area contributed by atoms with Gasteiger partial charge in [-0.15, -0.1) is 0 Å². The van der Waals surface area contributed by atoms with Crippen LogP contribution in [0.4, 0.5) is 11.4 Å². The number of rotatable bonds is 7. The van der Waals surface area contributed by atoms with E-state index in [1.165, 1.54) is 0 Å². The van der Waals surface area contributed by atoms with Crippen molar-refractivity contribution >= 4 is 39.1 Å². The quantitative estimate of drug-likeness (QED) is 0.453. The fourth-order valence-electron chi connectivity index (χ4n) is 3.39. The van der Waals surface area contributed by atoms with Crippen molar-refractivity contribution < 1.29 is 19.1 Å². The van der Waals surface area contributed by atoms with Gasteiger partial charge in [0.1, 0.15) is 12.4 Å². The smallest absolute Gasteiger partial charge is 0.255 e. The number of carbonyl (C=O) groups excluding carboxylic acids is 2. The molecule has 1 heterocycles. The van der Waals surface area contributed by atoms with Crippen LogP contribution >= 0.6 is 15.9 Å². The number of nitrogens with one attached hydrogen (secondary N) is 2. The van der Waals surface area contributed by atoms with Gasteiger partial charge in [0.2, 0.25) is 0 Å². The van der Waals surface area contributed by atoms with Gasteiger partial charge in [-0.2, -0.15) is 0 Å². The van der Waals surface area contributed by atoms with Crippen LogP contribution in [0, 0.1) is 0 Å². The Bertz CT molecular complexity index is 1100. The van der Waals surface area contributed by atoms with Crippen LogP contribution in [0.2, 0.25) is 0 Å². The Morgan fingerprint density at radius 1 is 0.906 bits per heavy atom. The van der Waals surface area contributed by atoms with E-state index in [1.807, 2.05) is 18.2 Å². The largest absolute Gasteiger partial charge is 0.490 e. The predicted octanol–water partition coefficient (Wildman–Crippen LogP) is 5.51. The Labute approximate surface area is 195 Å². The van der Waals surface area contributed by atoms with E-state index in [0.29, 0.717) is 39.3 Å². The normalized spacial score (nSPS) is 15.2. The summed E-state index contributed by atoms with van der Waals surface area (Å²) < 4.78 is 12.1. The summed E-state index contributed by atoms with van der Waals surface area (Å²) in [5, 5.41) is 5.70. The fraction of sp³-hybridized carbons (Fsp3) is 0.200. The summed E-state index contributed by atoms with van der Waals surface area (Å²) in [6.45, 7) is 1.27. The molecule has 0 spiro atoms. The minimum atomic E-state index is -0.261. The maximum atomic E-state index is 12.7. The summed E-state index contributed by atoms with van der Waals surface area (Å²) in [4.78, 5) is 25.1. The number of carbonyl (C=O) groups is 2. The Morgan fingerprint density at radius 3 is 2.28 bits per heavy atom. The van der Waals surface area contributed by atoms with Crippen LogP contribution in [0.25, 0.3) is 0 Å². The fourth-order valence-corrected chi connectivity index (χ4v) is 3.88. The summed E-state index contributed by atoms with van der Waals surface area (Å²) in [7, 11) is 0. The lowest BCUT2D eigenvalue weighted by Crippen LogP contribution is -2.17. The molecule has 4 rings (SSSR count). The van der Waals surface area contributed by atoms with Gasteiger partial charge in [0.05, 0.1) is 10.6 Å². The number of hydrogen-bond acceptors (Lipinski definition) is 4. The molecule has 164 valence electrons. The van der Waals surface area contributed by atoms with E-state index in [4.69, 9.17) is 9.47 Å². The van der Waals surface area contributed by atoms with E-state index in [1.54, 1.807) is 54.6 Å². The lowest BCUT2D eigenvalue weighted by molar-refractivity contribution is 0.0677. The highest BCUT2D eigenvalue weighted by molar-refractivity contribution is 9.10. The van der Waals surface area contributed by atoms with Crippen molar-refractivity contribution in [2.75, 3.05) is 23.8 Å². The van der Waals surface area contributed by atoms with Crippen molar-refractivity contribution in [3.8, 4) is 5.75 Å². The van der Waals surface area contributed by atoms with E-state index in [9.17, 15) is 9.59 Å². The molecule has 0 radical (unpaired) electrons. The second-order valence-electron chi connectivity index (χ2n) is 7.45. The first kappa shape index (κ1) is 22.0. The topological polar surface area (TPSA) is 76.7 Å². The number of halogens is 1. The molecule has 1 fully saturated rings. The first-order chi connectivity index (χ1) is 15.6. The van der Waals surface area contributed by atoms with Gasteiger partial charge in [-0.05, 0) is 77.3 Å². The van der Waals surface area contributed by atoms with Gasteiger partial charge in [-0.1, -0.05) is 24.3 Å². The van der Waals surface area contributed by atoms with Crippen molar-refractivity contribution in [3.63, 3.8) is 0 Å². The molecule has 1 unspecified atom stereocenters. The third-order valence-corrected chi connectivity index (χ3v) is 5.68. The molecule has 3 aromatic carbocycles. The first-order valence-electron chi connectivity index (χ1n) is 10.4. The maximum Gasteiger partial charge on any atom is 0.255 e. The van der Waals surface area contributed by atoms with Crippen molar-refractivity contribution in [3.05, 3.63) is 88.4 Å². The van der Waals surface area contributed by atoms with Crippen LogP contribution in [0.5, 0.6) is 5.75 Å². The van der Waals surface area contributed by atoms with E-state index in [-0.39, 0.29) is 17.9 Å². The summed E-state index contributed by atoms with van der Waals surface area (Å²) in [6, 6.07) is 21.2. The van der Waals surface area contributed by atoms with Crippen molar-refractivity contribution in [1.82, 2.24) is 0 Å². The number of anilines is 2. The molecule has 1 aliphatic heterocycles. The molecule has 1 saturated heterocycles. The highest BCUT2D eigenvalue weighted by atomic mass is 79.9. The Kier molecular flexibility index (Phi) is 7.19. The molecule has 1 atom stereocenters. The monoisotopic (exact) mass is 494 g/mol. The Hall–Kier alpha value is -3.16. The molecule has 2 N–H and O–H groups in total. The van der Waals surface area contributed by atoms with Gasteiger partial charge < -0.3 is 20.1 Å². The number of amides is 2. The summed E-state index contributed by atoms with van der Waals surface area (Å²) in [5.41, 5.74) is 2.22. The number of benzene rings is 3. The molecular formula is C25H23BrN2O4. The maximum absolute atomic E-state index is 12.7. The average Bonchev–Trinajstić information content (AvgIpc) is 3.33. The standard InChI is InChI=1S/C25H23BrN2O4/c26-22-14-18(11-12-23(22)32-16-21-10-5-13-31-21)25(30)28-20-9-4-8-19(15-20)27-24(29)17-6-2-1-3-7-17/h1-4,6-9,11-12,14-15,21H,5,10,13,16H2,(H,27,29)(H,28,30). The lowest BCUT2D eigenvalue weighted by Gasteiger charge is -2.13. The van der Waals surface area contributed by atoms with Crippen LogP contribution in [0.3, 0.4) is 0 Å². The number of ether oxygens (including phenoxy) is 2. The third-order valence-electron chi connectivity index (χ3n) is 5.06. The predicted molar refractivity (Wildman–Crippen MR) is 127 cm³/mol. The molecule has 32 heavy (non-hydrogen) atoms. The van der Waals surface area contributed by atoms with Gasteiger partial charge in [-0.25, -0.2) is 0 Å². The first-order valence-corrected chi connectivity index (χ1v) is 11.2. The Morgan fingerprint density at radius 2 is 1.62 bits per heavy atom. The zero-order valence-corrected chi connectivity index (χ0v) is 18.9. The highest BCUT2D eigenvalue weighted by Gasteiger charge is 2.17. The van der Waals surface area contributed by atoms with E-state index >= 15 is 0 Å². The van der Waals surface area contributed by atoms with Crippen LogP contribution in [-0.4, -0.2) is 31.1 Å². The van der Waals surface area contributed by atoms with Crippen LogP contribution in [-0.2, 0) is 4.74 Å². The van der Waals surface area contributed by atoms with Gasteiger partial charge >= 0.3 is 0 Å². The van der Waals surface area contributed by atoms with Gasteiger partial charge in [0.25, 0.3) is 11.8 Å². The van der Waals surface area contributed by atoms with E-state index in [2.05, 4.69) is 26.6 Å². The van der Waals surface area contributed by atoms with Gasteiger partial charge in [0.15, 0.2) is 0 Å². The highest BCUT2D eigenvalue weighted by Crippen LogP contribution is 2.27. The van der Waals surface area contributed by atoms with Crippen LogP contribution < -0.4 is 15.4 Å². The molecule has 0 aliphatic carbocycles. The second kappa shape index (κ2) is 10.4.